The van der Waals surface area contributed by atoms with Gasteiger partial charge < -0.3 is 4.98 Å². The van der Waals surface area contributed by atoms with Crippen LogP contribution in [0.3, 0.4) is 0 Å². The smallest absolute Gasteiger partial charge is 0.203 e. The second kappa shape index (κ2) is 6.49. The molecule has 0 aliphatic heterocycles. The summed E-state index contributed by atoms with van der Waals surface area (Å²) in [7, 11) is 0. The molecule has 0 amide bonds. The van der Waals surface area contributed by atoms with Gasteiger partial charge in [-0.15, -0.1) is 11.3 Å². The molecule has 0 atom stereocenters. The Kier molecular flexibility index (Phi) is 4.03. The van der Waals surface area contributed by atoms with Crippen LogP contribution in [0.25, 0.3) is 22.3 Å². The Hall–Kier alpha value is -2.99. The van der Waals surface area contributed by atoms with Crippen molar-refractivity contribution in [1.29, 1.82) is 0 Å². The third-order valence-corrected chi connectivity index (χ3v) is 4.62. The summed E-state index contributed by atoms with van der Waals surface area (Å²) >= 11 is 1.53. The molecule has 2 aromatic heterocycles. The van der Waals surface area contributed by atoms with Crippen molar-refractivity contribution >= 4 is 33.2 Å². The number of benzene rings is 2. The Balaban J connectivity index is 1.53. The predicted octanol–water partition coefficient (Wildman–Crippen LogP) is 4.83. The van der Waals surface area contributed by atoms with Gasteiger partial charge in [0, 0.05) is 10.9 Å². The van der Waals surface area contributed by atoms with Crippen LogP contribution in [0, 0.1) is 6.92 Å². The fourth-order valence-electron chi connectivity index (χ4n) is 2.55. The number of anilines is 1. The number of imidazole rings is 1. The largest absolute Gasteiger partial charge is 0.337 e. The second-order valence-corrected chi connectivity index (χ2v) is 6.68. The molecule has 0 spiro atoms. The number of hydrogen-bond donors (Lipinski definition) is 2. The lowest BCUT2D eigenvalue weighted by atomic mass is 10.2. The summed E-state index contributed by atoms with van der Waals surface area (Å²) in [6, 6.07) is 16.3. The van der Waals surface area contributed by atoms with E-state index in [-0.39, 0.29) is 0 Å². The highest BCUT2D eigenvalue weighted by Gasteiger charge is 2.07. The van der Waals surface area contributed by atoms with Crippen molar-refractivity contribution in [3.8, 4) is 11.3 Å². The normalized spacial score (nSPS) is 11.8. The van der Waals surface area contributed by atoms with Crippen molar-refractivity contribution in [2.24, 2.45) is 5.10 Å². The first kappa shape index (κ1) is 15.5. The first-order valence-corrected chi connectivity index (χ1v) is 8.85. The van der Waals surface area contributed by atoms with Gasteiger partial charge in [-0.05, 0) is 31.5 Å². The van der Waals surface area contributed by atoms with E-state index in [9.17, 15) is 0 Å². The van der Waals surface area contributed by atoms with Crippen LogP contribution in [-0.4, -0.2) is 20.7 Å². The quantitative estimate of drug-likeness (QED) is 0.410. The van der Waals surface area contributed by atoms with Gasteiger partial charge in [-0.25, -0.2) is 9.97 Å². The van der Waals surface area contributed by atoms with E-state index in [1.807, 2.05) is 48.7 Å². The highest BCUT2D eigenvalue weighted by molar-refractivity contribution is 7.14. The summed E-state index contributed by atoms with van der Waals surface area (Å²) in [4.78, 5) is 12.5. The van der Waals surface area contributed by atoms with E-state index in [1.165, 1.54) is 16.9 Å². The zero-order valence-corrected chi connectivity index (χ0v) is 14.8. The summed E-state index contributed by atoms with van der Waals surface area (Å²) in [5.74, 6) is 0.757. The van der Waals surface area contributed by atoms with E-state index in [0.29, 0.717) is 0 Å². The number of thiazole rings is 1. The molecule has 0 bridgehead atoms. The van der Waals surface area contributed by atoms with Gasteiger partial charge in [-0.3, -0.25) is 5.43 Å². The third kappa shape index (κ3) is 3.29. The van der Waals surface area contributed by atoms with Crippen LogP contribution in [-0.2, 0) is 0 Å². The van der Waals surface area contributed by atoms with E-state index in [1.54, 1.807) is 0 Å². The zero-order valence-electron chi connectivity index (χ0n) is 13.9. The van der Waals surface area contributed by atoms with Crippen LogP contribution in [0.15, 0.2) is 59.0 Å². The molecular formula is C19H17N5S. The van der Waals surface area contributed by atoms with Crippen LogP contribution < -0.4 is 5.43 Å². The number of rotatable bonds is 4. The van der Waals surface area contributed by atoms with Crippen LogP contribution in [0.2, 0.25) is 0 Å². The fourth-order valence-corrected chi connectivity index (χ4v) is 3.21. The lowest BCUT2D eigenvalue weighted by molar-refractivity contribution is 1.22. The minimum Gasteiger partial charge on any atom is -0.337 e. The molecule has 0 aliphatic rings. The molecule has 2 heterocycles. The van der Waals surface area contributed by atoms with Gasteiger partial charge in [-0.1, -0.05) is 36.4 Å². The minimum atomic E-state index is 0.755. The number of aromatic amines is 1. The number of fused-ring (bicyclic) bond motifs is 1. The van der Waals surface area contributed by atoms with Gasteiger partial charge in [0.2, 0.25) is 5.13 Å². The maximum absolute atomic E-state index is 4.58. The minimum absolute atomic E-state index is 0.755. The number of nitrogens with one attached hydrogen (secondary N) is 2. The molecule has 25 heavy (non-hydrogen) atoms. The van der Waals surface area contributed by atoms with Gasteiger partial charge in [0.05, 0.1) is 16.7 Å². The van der Waals surface area contributed by atoms with Crippen LogP contribution >= 0.6 is 11.3 Å². The molecule has 2 aromatic carbocycles. The van der Waals surface area contributed by atoms with Crippen LogP contribution in [0.4, 0.5) is 5.13 Å². The summed E-state index contributed by atoms with van der Waals surface area (Å²) in [6.45, 7) is 3.98. The van der Waals surface area contributed by atoms with Crippen molar-refractivity contribution < 1.29 is 0 Å². The maximum atomic E-state index is 4.58. The summed E-state index contributed by atoms with van der Waals surface area (Å²) in [5.41, 5.74) is 9.01. The van der Waals surface area contributed by atoms with Crippen LogP contribution in [0.5, 0.6) is 0 Å². The van der Waals surface area contributed by atoms with Crippen molar-refractivity contribution in [2.45, 2.75) is 13.8 Å². The molecule has 124 valence electrons. The Morgan fingerprint density at radius 2 is 1.96 bits per heavy atom. The number of nitrogens with zero attached hydrogens (tertiary/aromatic N) is 3. The molecule has 4 aromatic rings. The summed E-state index contributed by atoms with van der Waals surface area (Å²) in [5, 5.41) is 7.19. The van der Waals surface area contributed by atoms with Gasteiger partial charge in [0.15, 0.2) is 5.82 Å². The summed E-state index contributed by atoms with van der Waals surface area (Å²) in [6.07, 6.45) is 0. The SMILES string of the molecule is C/C(=N\Nc1nc(-c2ccccc2)cs1)c1nc2ccc(C)cc2[nH]1. The predicted molar refractivity (Wildman–Crippen MR) is 104 cm³/mol. The van der Waals surface area contributed by atoms with Crippen molar-refractivity contribution in [2.75, 3.05) is 5.43 Å². The molecule has 0 unspecified atom stereocenters. The molecule has 4 rings (SSSR count). The summed E-state index contributed by atoms with van der Waals surface area (Å²) < 4.78 is 0. The molecule has 0 radical (unpaired) electrons. The van der Waals surface area contributed by atoms with E-state index in [0.717, 1.165) is 39.0 Å². The molecule has 0 saturated carbocycles. The highest BCUT2D eigenvalue weighted by Crippen LogP contribution is 2.24. The van der Waals surface area contributed by atoms with E-state index >= 15 is 0 Å². The average Bonchev–Trinajstić information content (AvgIpc) is 3.27. The molecule has 0 saturated heterocycles. The number of hydrogen-bond acceptors (Lipinski definition) is 5. The molecule has 2 N–H and O–H groups in total. The number of aromatic nitrogens is 3. The number of hydrazone groups is 1. The van der Waals surface area contributed by atoms with Gasteiger partial charge in [0.1, 0.15) is 5.71 Å². The molecule has 6 heteroatoms. The Morgan fingerprint density at radius 1 is 1.12 bits per heavy atom. The topological polar surface area (TPSA) is 66.0 Å². The standard InChI is InChI=1S/C19H17N5S/c1-12-8-9-15-16(10-12)21-18(20-15)13(2)23-24-19-22-17(11-25-19)14-6-4-3-5-7-14/h3-11H,1-2H3,(H,20,21)(H,22,24)/b23-13+. The maximum Gasteiger partial charge on any atom is 0.203 e. The monoisotopic (exact) mass is 347 g/mol. The Labute approximate surface area is 149 Å². The first-order chi connectivity index (χ1) is 12.2. The molecule has 5 nitrogen and oxygen atoms in total. The van der Waals surface area contributed by atoms with Gasteiger partial charge in [-0.2, -0.15) is 5.10 Å². The van der Waals surface area contributed by atoms with Crippen molar-refractivity contribution in [3.63, 3.8) is 0 Å². The molecule has 0 aliphatic carbocycles. The Bertz CT molecular complexity index is 1050. The first-order valence-electron chi connectivity index (χ1n) is 7.97. The lowest BCUT2D eigenvalue weighted by Gasteiger charge is -1.97. The second-order valence-electron chi connectivity index (χ2n) is 5.82. The van der Waals surface area contributed by atoms with Crippen molar-refractivity contribution in [1.82, 2.24) is 15.0 Å². The van der Waals surface area contributed by atoms with E-state index in [2.05, 4.69) is 44.5 Å². The molecule has 0 fully saturated rings. The average molecular weight is 347 g/mol. The van der Waals surface area contributed by atoms with Crippen molar-refractivity contribution in [3.05, 3.63) is 65.3 Å². The zero-order chi connectivity index (χ0) is 17.2. The van der Waals surface area contributed by atoms with Gasteiger partial charge >= 0.3 is 0 Å². The third-order valence-electron chi connectivity index (χ3n) is 3.87. The fraction of sp³-hybridized carbons (Fsp3) is 0.105. The van der Waals surface area contributed by atoms with E-state index < -0.39 is 0 Å². The number of H-pyrrole nitrogens is 1. The lowest BCUT2D eigenvalue weighted by Crippen LogP contribution is -2.01. The van der Waals surface area contributed by atoms with E-state index in [4.69, 9.17) is 0 Å². The van der Waals surface area contributed by atoms with Gasteiger partial charge in [0.25, 0.3) is 0 Å². The highest BCUT2D eigenvalue weighted by atomic mass is 32.1. The number of aryl methyl sites for hydroxylation is 1. The Morgan fingerprint density at radius 3 is 2.80 bits per heavy atom. The molecular weight excluding hydrogens is 330 g/mol. The van der Waals surface area contributed by atoms with Crippen LogP contribution in [0.1, 0.15) is 18.3 Å².